The van der Waals surface area contributed by atoms with Gasteiger partial charge in [0.2, 0.25) is 0 Å². The van der Waals surface area contributed by atoms with Crippen LogP contribution in [0.25, 0.3) is 22.3 Å². The molecule has 26 heavy (non-hydrogen) atoms. The van der Waals surface area contributed by atoms with Crippen molar-refractivity contribution in [1.29, 1.82) is 0 Å². The van der Waals surface area contributed by atoms with Crippen LogP contribution in [0.1, 0.15) is 37.7 Å². The zero-order chi connectivity index (χ0) is 17.8. The van der Waals surface area contributed by atoms with Crippen LogP contribution in [0.4, 0.5) is 0 Å². The third kappa shape index (κ3) is 3.86. The van der Waals surface area contributed by atoms with Gasteiger partial charge in [-0.2, -0.15) is 0 Å². The molecule has 0 unspecified atom stereocenters. The van der Waals surface area contributed by atoms with Crippen LogP contribution < -0.4 is 5.56 Å². The molecule has 0 atom stereocenters. The molecular formula is C22H24N2O2. The van der Waals surface area contributed by atoms with Gasteiger partial charge in [0.15, 0.2) is 0 Å². The lowest BCUT2D eigenvalue weighted by Crippen LogP contribution is -2.13. The molecule has 1 heterocycles. The van der Waals surface area contributed by atoms with Crippen LogP contribution >= 0.6 is 0 Å². The number of benzene rings is 2. The number of rotatable bonds is 5. The maximum Gasteiger partial charge on any atom is 0.259 e. The van der Waals surface area contributed by atoms with Gasteiger partial charge in [0.05, 0.1) is 17.5 Å². The van der Waals surface area contributed by atoms with Crippen molar-refractivity contribution in [3.05, 3.63) is 64.4 Å². The van der Waals surface area contributed by atoms with Gasteiger partial charge >= 0.3 is 0 Å². The Morgan fingerprint density at radius 1 is 1.00 bits per heavy atom. The van der Waals surface area contributed by atoms with Gasteiger partial charge in [-0.1, -0.05) is 55.7 Å². The fourth-order valence-corrected chi connectivity index (χ4v) is 3.68. The Hall–Kier alpha value is -2.46. The number of para-hydroxylation sites is 1. The van der Waals surface area contributed by atoms with Crippen molar-refractivity contribution >= 4 is 10.9 Å². The average molecular weight is 348 g/mol. The van der Waals surface area contributed by atoms with E-state index < -0.39 is 0 Å². The number of aromatic amines is 1. The highest BCUT2D eigenvalue weighted by Gasteiger charge is 2.13. The monoisotopic (exact) mass is 348 g/mol. The molecule has 1 N–H and O–H groups in total. The number of hydrogen-bond acceptors (Lipinski definition) is 3. The van der Waals surface area contributed by atoms with Crippen molar-refractivity contribution in [3.63, 3.8) is 0 Å². The van der Waals surface area contributed by atoms with E-state index in [2.05, 4.69) is 9.97 Å². The van der Waals surface area contributed by atoms with E-state index in [0.717, 1.165) is 23.7 Å². The first-order valence-electron chi connectivity index (χ1n) is 9.46. The van der Waals surface area contributed by atoms with Crippen molar-refractivity contribution in [3.8, 4) is 11.4 Å². The Bertz CT molecular complexity index is 925. The second-order valence-corrected chi connectivity index (χ2v) is 7.15. The molecule has 4 nitrogen and oxygen atoms in total. The number of nitrogens with zero attached hydrogens (tertiary/aromatic N) is 1. The van der Waals surface area contributed by atoms with Crippen LogP contribution in [-0.4, -0.2) is 16.6 Å². The van der Waals surface area contributed by atoms with Gasteiger partial charge in [-0.3, -0.25) is 4.79 Å². The highest BCUT2D eigenvalue weighted by Crippen LogP contribution is 2.24. The molecule has 0 radical (unpaired) electrons. The maximum atomic E-state index is 12.2. The molecule has 0 amide bonds. The number of aromatic nitrogens is 2. The standard InChI is InChI=1S/C22H24N2O2/c25-22-19-8-4-5-9-20(19)23-21(24-22)18-12-10-17(11-13-18)15-26-14-16-6-2-1-3-7-16/h4-5,8-13,16H,1-3,6-7,14-15H2,(H,23,24,25). The van der Waals surface area contributed by atoms with Crippen LogP contribution in [0.2, 0.25) is 0 Å². The normalized spacial score (nSPS) is 15.4. The minimum absolute atomic E-state index is 0.106. The lowest BCUT2D eigenvalue weighted by Gasteiger charge is -2.21. The minimum atomic E-state index is -0.106. The topological polar surface area (TPSA) is 55.0 Å². The van der Waals surface area contributed by atoms with E-state index in [9.17, 15) is 4.79 Å². The summed E-state index contributed by atoms with van der Waals surface area (Å²) in [6.07, 6.45) is 6.68. The molecule has 4 heteroatoms. The summed E-state index contributed by atoms with van der Waals surface area (Å²) >= 11 is 0. The number of ether oxygens (including phenoxy) is 1. The summed E-state index contributed by atoms with van der Waals surface area (Å²) in [7, 11) is 0. The highest BCUT2D eigenvalue weighted by atomic mass is 16.5. The van der Waals surface area contributed by atoms with Crippen molar-refractivity contribution in [2.24, 2.45) is 5.92 Å². The van der Waals surface area contributed by atoms with Crippen molar-refractivity contribution in [1.82, 2.24) is 9.97 Å². The summed E-state index contributed by atoms with van der Waals surface area (Å²) in [4.78, 5) is 19.7. The lowest BCUT2D eigenvalue weighted by atomic mass is 9.90. The molecule has 3 aromatic rings. The first-order chi connectivity index (χ1) is 12.8. The summed E-state index contributed by atoms with van der Waals surface area (Å²) < 4.78 is 5.91. The number of fused-ring (bicyclic) bond motifs is 1. The summed E-state index contributed by atoms with van der Waals surface area (Å²) in [5.74, 6) is 1.33. The summed E-state index contributed by atoms with van der Waals surface area (Å²) in [5.41, 5.74) is 2.66. The Kier molecular flexibility index (Phi) is 5.12. The van der Waals surface area contributed by atoms with E-state index in [1.807, 2.05) is 42.5 Å². The Morgan fingerprint density at radius 3 is 2.58 bits per heavy atom. The summed E-state index contributed by atoms with van der Waals surface area (Å²) in [6.45, 7) is 1.50. The predicted octanol–water partition coefficient (Wildman–Crippen LogP) is 4.69. The van der Waals surface area contributed by atoms with Crippen LogP contribution in [0, 0.1) is 5.92 Å². The fourth-order valence-electron chi connectivity index (χ4n) is 3.68. The van der Waals surface area contributed by atoms with Gasteiger partial charge < -0.3 is 9.72 Å². The minimum Gasteiger partial charge on any atom is -0.376 e. The van der Waals surface area contributed by atoms with Crippen molar-refractivity contribution in [2.75, 3.05) is 6.61 Å². The molecule has 1 aromatic heterocycles. The third-order valence-corrected chi connectivity index (χ3v) is 5.19. The molecule has 1 aliphatic carbocycles. The van der Waals surface area contributed by atoms with E-state index in [-0.39, 0.29) is 5.56 Å². The lowest BCUT2D eigenvalue weighted by molar-refractivity contribution is 0.0739. The second kappa shape index (κ2) is 7.83. The van der Waals surface area contributed by atoms with Gasteiger partial charge in [-0.05, 0) is 36.5 Å². The highest BCUT2D eigenvalue weighted by molar-refractivity contribution is 5.79. The molecule has 134 valence electrons. The van der Waals surface area contributed by atoms with Crippen LogP contribution in [-0.2, 0) is 11.3 Å². The summed E-state index contributed by atoms with van der Waals surface area (Å²) in [6, 6.07) is 15.5. The fraction of sp³-hybridized carbons (Fsp3) is 0.364. The predicted molar refractivity (Wildman–Crippen MR) is 104 cm³/mol. The van der Waals surface area contributed by atoms with Gasteiger partial charge in [0, 0.05) is 12.2 Å². The molecule has 0 spiro atoms. The van der Waals surface area contributed by atoms with Crippen LogP contribution in [0.3, 0.4) is 0 Å². The van der Waals surface area contributed by atoms with Crippen LogP contribution in [0.15, 0.2) is 53.3 Å². The number of hydrogen-bond donors (Lipinski definition) is 1. The van der Waals surface area contributed by atoms with Gasteiger partial charge in [-0.15, -0.1) is 0 Å². The van der Waals surface area contributed by atoms with Crippen LogP contribution in [0.5, 0.6) is 0 Å². The van der Waals surface area contributed by atoms with Gasteiger partial charge in [0.1, 0.15) is 5.82 Å². The number of H-pyrrole nitrogens is 1. The molecular weight excluding hydrogens is 324 g/mol. The van der Waals surface area contributed by atoms with E-state index in [1.54, 1.807) is 6.07 Å². The third-order valence-electron chi connectivity index (χ3n) is 5.19. The van der Waals surface area contributed by atoms with E-state index in [4.69, 9.17) is 4.74 Å². The smallest absolute Gasteiger partial charge is 0.259 e. The molecule has 2 aromatic carbocycles. The Labute approximate surface area is 153 Å². The maximum absolute atomic E-state index is 12.2. The molecule has 1 saturated carbocycles. The van der Waals surface area contributed by atoms with Gasteiger partial charge in [-0.25, -0.2) is 4.98 Å². The zero-order valence-corrected chi connectivity index (χ0v) is 14.9. The average Bonchev–Trinajstić information content (AvgIpc) is 2.69. The SMILES string of the molecule is O=c1[nH]c(-c2ccc(COCC3CCCCC3)cc2)nc2ccccc12. The van der Waals surface area contributed by atoms with Crippen molar-refractivity contribution in [2.45, 2.75) is 38.7 Å². The zero-order valence-electron chi connectivity index (χ0n) is 14.9. The van der Waals surface area contributed by atoms with E-state index in [0.29, 0.717) is 23.3 Å². The molecule has 1 fully saturated rings. The quantitative estimate of drug-likeness (QED) is 0.728. The Morgan fingerprint density at radius 2 is 1.77 bits per heavy atom. The first-order valence-corrected chi connectivity index (χ1v) is 9.46. The Balaban J connectivity index is 1.43. The largest absolute Gasteiger partial charge is 0.376 e. The molecule has 1 aliphatic rings. The molecule has 0 bridgehead atoms. The molecule has 0 aliphatic heterocycles. The molecule has 4 rings (SSSR count). The van der Waals surface area contributed by atoms with E-state index >= 15 is 0 Å². The van der Waals surface area contributed by atoms with Crippen molar-refractivity contribution < 1.29 is 4.74 Å². The van der Waals surface area contributed by atoms with Gasteiger partial charge in [0.25, 0.3) is 5.56 Å². The number of nitrogens with one attached hydrogen (secondary N) is 1. The summed E-state index contributed by atoms with van der Waals surface area (Å²) in [5, 5.41) is 0.615. The second-order valence-electron chi connectivity index (χ2n) is 7.15. The molecule has 0 saturated heterocycles. The van der Waals surface area contributed by atoms with E-state index in [1.165, 1.54) is 32.1 Å². The first kappa shape index (κ1) is 17.0.